The molecule has 2 aromatic heterocycles. The molecule has 3 fully saturated rings. The highest BCUT2D eigenvalue weighted by Crippen LogP contribution is 2.38. The number of primary amides is 1. The third-order valence-corrected chi connectivity index (χ3v) is 15.0. The number of piperazine rings is 1. The van der Waals surface area contributed by atoms with Crippen molar-refractivity contribution in [1.29, 1.82) is 0 Å². The number of carbonyl (C=O) groups excluding carboxylic acids is 4. The normalized spacial score (nSPS) is 16.9. The van der Waals surface area contributed by atoms with Gasteiger partial charge in [0.1, 0.15) is 35.4 Å². The van der Waals surface area contributed by atoms with E-state index in [1.54, 1.807) is 21.7 Å². The first kappa shape index (κ1) is 45.5. The number of carbonyl (C=O) groups is 4. The molecule has 4 aliphatic heterocycles. The second-order valence-corrected chi connectivity index (χ2v) is 24.7. The van der Waals surface area contributed by atoms with Gasteiger partial charge in [-0.2, -0.15) is 5.10 Å². The highest BCUT2D eigenvalue weighted by Gasteiger charge is 2.36. The number of aryl methyl sites for hydroxylation is 3. The second kappa shape index (κ2) is 18.6. The molecular formula is C49H58FN11O5Si. The number of hydrogen-bond acceptors (Lipinski definition) is 11. The number of hydrogen-bond donors (Lipinski definition) is 3. The van der Waals surface area contributed by atoms with Crippen LogP contribution in [0.5, 0.6) is 0 Å². The molecule has 0 spiro atoms. The van der Waals surface area contributed by atoms with Gasteiger partial charge in [0.2, 0.25) is 5.91 Å². The predicted molar refractivity (Wildman–Crippen MR) is 261 cm³/mol. The first-order valence-corrected chi connectivity index (χ1v) is 26.7. The number of ether oxygens (including phenoxy) is 1. The van der Waals surface area contributed by atoms with Gasteiger partial charge in [-0.1, -0.05) is 25.7 Å². The van der Waals surface area contributed by atoms with Crippen molar-refractivity contribution in [1.82, 2.24) is 24.6 Å². The lowest BCUT2D eigenvalue weighted by Gasteiger charge is -2.49. The molecule has 0 radical (unpaired) electrons. The Hall–Kier alpha value is -6.63. The number of halogens is 1. The maximum Gasteiger partial charge on any atom is 0.333 e. The third kappa shape index (κ3) is 9.51. The van der Waals surface area contributed by atoms with Gasteiger partial charge in [-0.15, -0.1) is 0 Å². The number of benzene rings is 3. The topological polar surface area (TPSA) is 174 Å². The number of anilines is 6. The van der Waals surface area contributed by atoms with Crippen LogP contribution in [0.2, 0.25) is 25.7 Å². The standard InChI is InChI=1S/C49H58FN11O5Si/c1-31-7-6-8-41(52-31)54-48(64)38-14-15-39(44(50)32(38)2)45-43(46(51)63)47-53-40-16-13-36(27-33(40)17-20-61(47)55-45)56-21-23-57(24-22-56)37-28-58(29-37)34-9-11-35(12-10-34)59-19-18-42(62)60(49(59)65)30-66-25-26-67(3,4)5/h6-16,27,37,53H,17-26,28-30H2,1-5H3,(H2,51,63)(H,52,54,64). The van der Waals surface area contributed by atoms with Gasteiger partial charge in [-0.3, -0.25) is 24.2 Å². The molecule has 4 aliphatic rings. The Morgan fingerprint density at radius 1 is 0.881 bits per heavy atom. The van der Waals surface area contributed by atoms with Crippen LogP contribution in [0.25, 0.3) is 11.3 Å². The number of urea groups is 1. The van der Waals surface area contributed by atoms with Crippen LogP contribution in [0.1, 0.15) is 44.0 Å². The number of aromatic nitrogens is 3. The van der Waals surface area contributed by atoms with Crippen molar-refractivity contribution < 1.29 is 28.3 Å². The minimum Gasteiger partial charge on any atom is -0.369 e. The number of rotatable bonds is 13. The minimum atomic E-state index is -1.28. The molecule has 0 atom stereocenters. The van der Waals surface area contributed by atoms with E-state index in [0.29, 0.717) is 43.8 Å². The van der Waals surface area contributed by atoms with E-state index in [2.05, 4.69) is 74.2 Å². The lowest BCUT2D eigenvalue weighted by Crippen LogP contribution is -2.63. The lowest BCUT2D eigenvalue weighted by molar-refractivity contribution is -0.133. The van der Waals surface area contributed by atoms with Crippen LogP contribution >= 0.6 is 0 Å². The van der Waals surface area contributed by atoms with Crippen molar-refractivity contribution >= 4 is 66.2 Å². The molecule has 9 rings (SSSR count). The van der Waals surface area contributed by atoms with E-state index in [1.807, 2.05) is 31.2 Å². The molecule has 18 heteroatoms. The summed E-state index contributed by atoms with van der Waals surface area (Å²) in [5.74, 6) is -1.35. The zero-order valence-electron chi connectivity index (χ0n) is 38.8. The number of nitrogens with zero attached hydrogens (tertiary/aromatic N) is 8. The predicted octanol–water partition coefficient (Wildman–Crippen LogP) is 6.83. The fourth-order valence-electron chi connectivity index (χ4n) is 9.22. The van der Waals surface area contributed by atoms with E-state index in [4.69, 9.17) is 15.6 Å². The van der Waals surface area contributed by atoms with E-state index in [0.717, 1.165) is 79.3 Å². The maximum atomic E-state index is 16.1. The van der Waals surface area contributed by atoms with Gasteiger partial charge in [-0.25, -0.2) is 23.8 Å². The van der Waals surface area contributed by atoms with E-state index in [-0.39, 0.29) is 53.0 Å². The fourth-order valence-corrected chi connectivity index (χ4v) is 9.98. The van der Waals surface area contributed by atoms with Crippen LogP contribution in [0.4, 0.5) is 43.6 Å². The molecule has 67 heavy (non-hydrogen) atoms. The molecule has 3 aromatic carbocycles. The van der Waals surface area contributed by atoms with Crippen molar-refractivity contribution in [3.8, 4) is 11.3 Å². The van der Waals surface area contributed by atoms with Gasteiger partial charge in [0.15, 0.2) is 0 Å². The SMILES string of the molecule is Cc1cccc(NC(=O)c2ccc(-c3nn4c(c3C(N)=O)Nc3ccc(N5CCN(C6CN(c7ccc(N8CCC(=O)N(COCC[Si](C)(C)C)C8=O)cc7)C6)CC5)cc3CC4)c(F)c2C)n1. The smallest absolute Gasteiger partial charge is 0.333 e. The van der Waals surface area contributed by atoms with Crippen molar-refractivity contribution in [2.24, 2.45) is 5.73 Å². The van der Waals surface area contributed by atoms with Gasteiger partial charge in [0, 0.05) is 119 Å². The van der Waals surface area contributed by atoms with Crippen molar-refractivity contribution in [2.75, 3.05) is 84.5 Å². The van der Waals surface area contributed by atoms with Crippen molar-refractivity contribution in [2.45, 2.75) is 65.0 Å². The highest BCUT2D eigenvalue weighted by atomic mass is 28.3. The van der Waals surface area contributed by atoms with Gasteiger partial charge < -0.3 is 30.9 Å². The van der Waals surface area contributed by atoms with Crippen LogP contribution in [0, 0.1) is 19.7 Å². The molecule has 6 heterocycles. The average molecular weight is 928 g/mol. The van der Waals surface area contributed by atoms with Crippen LogP contribution < -0.4 is 31.1 Å². The van der Waals surface area contributed by atoms with Gasteiger partial charge in [0.05, 0.1) is 0 Å². The molecule has 4 N–H and O–H groups in total. The quantitative estimate of drug-likeness (QED) is 0.0834. The van der Waals surface area contributed by atoms with Gasteiger partial charge >= 0.3 is 6.03 Å². The van der Waals surface area contributed by atoms with E-state index in [1.165, 1.54) is 24.0 Å². The number of pyridine rings is 1. The second-order valence-electron chi connectivity index (χ2n) is 19.0. The van der Waals surface area contributed by atoms with Crippen molar-refractivity contribution in [3.05, 3.63) is 107 Å². The third-order valence-electron chi connectivity index (χ3n) is 13.3. The number of imide groups is 1. The van der Waals surface area contributed by atoms with E-state index >= 15 is 4.39 Å². The fraction of sp³-hybridized carbons (Fsp3) is 0.388. The largest absolute Gasteiger partial charge is 0.369 e. The Bertz CT molecular complexity index is 2730. The summed E-state index contributed by atoms with van der Waals surface area (Å²) in [7, 11) is -1.28. The van der Waals surface area contributed by atoms with Gasteiger partial charge in [-0.05, 0) is 104 Å². The summed E-state index contributed by atoms with van der Waals surface area (Å²) in [6.07, 6.45) is 0.888. The molecule has 5 amide bonds. The summed E-state index contributed by atoms with van der Waals surface area (Å²) in [5, 5.41) is 10.8. The van der Waals surface area contributed by atoms with Crippen LogP contribution in [-0.4, -0.2) is 122 Å². The minimum absolute atomic E-state index is 0.0114. The molecule has 3 saturated heterocycles. The molecule has 16 nitrogen and oxygen atoms in total. The monoisotopic (exact) mass is 927 g/mol. The Morgan fingerprint density at radius 3 is 2.33 bits per heavy atom. The highest BCUT2D eigenvalue weighted by molar-refractivity contribution is 6.76. The average Bonchev–Trinajstić information content (AvgIpc) is 3.54. The summed E-state index contributed by atoms with van der Waals surface area (Å²) < 4.78 is 23.6. The zero-order valence-corrected chi connectivity index (χ0v) is 39.8. The molecule has 5 aromatic rings. The van der Waals surface area contributed by atoms with E-state index in [9.17, 15) is 19.2 Å². The first-order chi connectivity index (χ1) is 32.1. The number of nitrogens with two attached hydrogens (primary N) is 1. The number of fused-ring (bicyclic) bond motifs is 2. The van der Waals surface area contributed by atoms with Crippen LogP contribution in [-0.2, 0) is 22.5 Å². The zero-order chi connectivity index (χ0) is 47.1. The van der Waals surface area contributed by atoms with Gasteiger partial charge in [0.25, 0.3) is 11.8 Å². The Labute approximate surface area is 390 Å². The Kier molecular flexibility index (Phi) is 12.6. The number of nitrogens with one attached hydrogen (secondary N) is 2. The molecule has 0 saturated carbocycles. The van der Waals surface area contributed by atoms with Crippen molar-refractivity contribution in [3.63, 3.8) is 0 Å². The molecular weight excluding hydrogens is 870 g/mol. The summed E-state index contributed by atoms with van der Waals surface area (Å²) in [5.41, 5.74) is 12.1. The molecule has 0 aliphatic carbocycles. The molecule has 350 valence electrons. The first-order valence-electron chi connectivity index (χ1n) is 23.0. The molecule has 0 bridgehead atoms. The number of amides is 5. The molecule has 0 unspecified atom stereocenters. The summed E-state index contributed by atoms with van der Waals surface area (Å²) in [6.45, 7) is 17.0. The van der Waals surface area contributed by atoms with E-state index < -0.39 is 25.7 Å². The van der Waals surface area contributed by atoms with Crippen LogP contribution in [0.15, 0.2) is 72.8 Å². The summed E-state index contributed by atoms with van der Waals surface area (Å²) in [4.78, 5) is 66.6. The Balaban J connectivity index is 0.790. The summed E-state index contributed by atoms with van der Waals surface area (Å²) >= 11 is 0. The lowest BCUT2D eigenvalue weighted by atomic mass is 9.99. The summed E-state index contributed by atoms with van der Waals surface area (Å²) in [6, 6.07) is 23.7. The van der Waals surface area contributed by atoms with Crippen LogP contribution in [0.3, 0.4) is 0 Å². The maximum absolute atomic E-state index is 16.1. The Morgan fingerprint density at radius 2 is 1.61 bits per heavy atom.